The Kier molecular flexibility index (Phi) is 8.11. The average Bonchev–Trinajstić information content (AvgIpc) is 3.49. The Morgan fingerprint density at radius 2 is 1.87 bits per heavy atom. The Bertz CT molecular complexity index is 949. The normalized spacial score (nSPS) is 17.0. The second-order valence-electron chi connectivity index (χ2n) is 8.37. The molecule has 1 saturated carbocycles. The molecule has 2 heteroatoms. The Morgan fingerprint density at radius 3 is 2.40 bits per heavy atom. The summed E-state index contributed by atoms with van der Waals surface area (Å²) >= 11 is 0. The van der Waals surface area contributed by atoms with Crippen molar-refractivity contribution in [2.24, 2.45) is 4.99 Å². The van der Waals surface area contributed by atoms with Gasteiger partial charge in [-0.05, 0) is 80.7 Å². The number of Topliss-reactive ketones (excluding diaryl/α,β-unsaturated/α-hetero) is 1. The molecule has 1 aromatic carbocycles. The zero-order valence-corrected chi connectivity index (χ0v) is 19.2. The van der Waals surface area contributed by atoms with E-state index in [1.165, 1.54) is 24.0 Å². The summed E-state index contributed by atoms with van der Waals surface area (Å²) in [5.41, 5.74) is 7.95. The Balaban J connectivity index is 2.33. The van der Waals surface area contributed by atoms with Crippen LogP contribution in [0.3, 0.4) is 0 Å². The van der Waals surface area contributed by atoms with Crippen LogP contribution < -0.4 is 0 Å². The molecule has 0 atom stereocenters. The van der Waals surface area contributed by atoms with Gasteiger partial charge >= 0.3 is 0 Å². The van der Waals surface area contributed by atoms with E-state index in [-0.39, 0.29) is 5.78 Å². The molecular weight excluding hydrogens is 366 g/mol. The molecule has 1 fully saturated rings. The van der Waals surface area contributed by atoms with Crippen molar-refractivity contribution >= 4 is 11.5 Å². The van der Waals surface area contributed by atoms with Crippen molar-refractivity contribution in [3.63, 3.8) is 0 Å². The number of hydrogen-bond donors (Lipinski definition) is 0. The van der Waals surface area contributed by atoms with Crippen molar-refractivity contribution in [1.29, 1.82) is 0 Å². The van der Waals surface area contributed by atoms with Crippen molar-refractivity contribution < 1.29 is 4.79 Å². The Hall–Kier alpha value is -2.74. The van der Waals surface area contributed by atoms with E-state index in [0.29, 0.717) is 5.41 Å². The molecule has 0 amide bonds. The van der Waals surface area contributed by atoms with Crippen LogP contribution in [0.5, 0.6) is 0 Å². The van der Waals surface area contributed by atoms with Gasteiger partial charge in [0.1, 0.15) is 0 Å². The van der Waals surface area contributed by atoms with E-state index in [1.807, 2.05) is 31.3 Å². The standard InChI is InChI=1S/C28H35NO/c1-8-11-20(4)16-21(5)24(9-2)19-29-22(6)17-26-18-25(23(7)30)12-13-27(26)28(10-3)14-15-28/h8-9,11-13,16,18-19H,1-2,10,14-15,17H2,3-7H3/b20-11-,21-16+,24-19+,29-22?. The summed E-state index contributed by atoms with van der Waals surface area (Å²) in [7, 11) is 0. The van der Waals surface area contributed by atoms with Crippen molar-refractivity contribution in [2.75, 3.05) is 0 Å². The maximum atomic E-state index is 11.9. The first-order valence-corrected chi connectivity index (χ1v) is 10.7. The number of allylic oxidation sites excluding steroid dienone is 7. The Morgan fingerprint density at radius 1 is 1.17 bits per heavy atom. The number of aliphatic imine (C=N–C) groups is 1. The van der Waals surface area contributed by atoms with Crippen LogP contribution in [-0.4, -0.2) is 11.5 Å². The first-order chi connectivity index (χ1) is 14.3. The highest BCUT2D eigenvalue weighted by Crippen LogP contribution is 2.52. The molecule has 0 unspecified atom stereocenters. The summed E-state index contributed by atoms with van der Waals surface area (Å²) in [6.45, 7) is 17.7. The van der Waals surface area contributed by atoms with E-state index >= 15 is 0 Å². The topological polar surface area (TPSA) is 29.4 Å². The van der Waals surface area contributed by atoms with E-state index in [4.69, 9.17) is 4.99 Å². The molecular formula is C28H35NO. The second-order valence-corrected chi connectivity index (χ2v) is 8.37. The monoisotopic (exact) mass is 401 g/mol. The maximum Gasteiger partial charge on any atom is 0.159 e. The summed E-state index contributed by atoms with van der Waals surface area (Å²) in [5, 5.41) is 0. The fourth-order valence-electron chi connectivity index (χ4n) is 3.92. The van der Waals surface area contributed by atoms with Crippen molar-refractivity contribution in [3.8, 4) is 0 Å². The highest BCUT2D eigenvalue weighted by molar-refractivity contribution is 5.95. The smallest absolute Gasteiger partial charge is 0.159 e. The lowest BCUT2D eigenvalue weighted by molar-refractivity contribution is 0.101. The molecule has 2 nitrogen and oxygen atoms in total. The summed E-state index contributed by atoms with van der Waals surface area (Å²) in [5.74, 6) is 0.108. The number of nitrogens with zero attached hydrogens (tertiary/aromatic N) is 1. The summed E-state index contributed by atoms with van der Waals surface area (Å²) in [6, 6.07) is 6.22. The van der Waals surface area contributed by atoms with Gasteiger partial charge in [0, 0.05) is 23.9 Å². The largest absolute Gasteiger partial charge is 0.295 e. The summed E-state index contributed by atoms with van der Waals surface area (Å²) < 4.78 is 0. The Labute approximate surface area is 182 Å². The maximum absolute atomic E-state index is 11.9. The predicted molar refractivity (Wildman–Crippen MR) is 130 cm³/mol. The first-order valence-electron chi connectivity index (χ1n) is 10.7. The molecule has 1 aliphatic rings. The molecule has 0 spiro atoms. The molecule has 0 aliphatic heterocycles. The third-order valence-corrected chi connectivity index (χ3v) is 5.98. The molecule has 0 bridgehead atoms. The van der Waals surface area contributed by atoms with Gasteiger partial charge in [-0.15, -0.1) is 0 Å². The molecule has 30 heavy (non-hydrogen) atoms. The molecule has 1 aromatic rings. The van der Waals surface area contributed by atoms with E-state index in [1.54, 1.807) is 13.0 Å². The van der Waals surface area contributed by atoms with Crippen molar-refractivity contribution in [2.45, 2.75) is 65.7 Å². The van der Waals surface area contributed by atoms with E-state index < -0.39 is 0 Å². The lowest BCUT2D eigenvalue weighted by atomic mass is 9.86. The van der Waals surface area contributed by atoms with Gasteiger partial charge in [0.25, 0.3) is 0 Å². The lowest BCUT2D eigenvalue weighted by Gasteiger charge is -2.19. The number of hydrogen-bond acceptors (Lipinski definition) is 2. The second kappa shape index (κ2) is 10.3. The minimum Gasteiger partial charge on any atom is -0.295 e. The summed E-state index contributed by atoms with van der Waals surface area (Å²) in [4.78, 5) is 16.7. The van der Waals surface area contributed by atoms with Crippen LogP contribution in [-0.2, 0) is 11.8 Å². The van der Waals surface area contributed by atoms with Gasteiger partial charge in [-0.25, -0.2) is 0 Å². The zero-order valence-electron chi connectivity index (χ0n) is 19.2. The average molecular weight is 402 g/mol. The summed E-state index contributed by atoms with van der Waals surface area (Å²) in [6.07, 6.45) is 13.9. The number of ketones is 1. The van der Waals surface area contributed by atoms with Gasteiger partial charge in [0.05, 0.1) is 0 Å². The van der Waals surface area contributed by atoms with Gasteiger partial charge in [-0.2, -0.15) is 0 Å². The van der Waals surface area contributed by atoms with Crippen molar-refractivity contribution in [1.82, 2.24) is 0 Å². The molecule has 2 rings (SSSR count). The SMILES string of the molecule is C=C\C=C(C)/C=C(C)/C(C=C)=C/N=C(C)Cc1cc(C(C)=O)ccc1C1(CC)CC1. The minimum atomic E-state index is 0.108. The van der Waals surface area contributed by atoms with E-state index in [2.05, 4.69) is 52.1 Å². The molecule has 0 saturated heterocycles. The first kappa shape index (κ1) is 23.5. The quantitative estimate of drug-likeness (QED) is 0.227. The number of benzene rings is 1. The fraction of sp³-hybridized carbons (Fsp3) is 0.357. The lowest BCUT2D eigenvalue weighted by Crippen LogP contribution is -2.12. The predicted octanol–water partition coefficient (Wildman–Crippen LogP) is 7.48. The van der Waals surface area contributed by atoms with Gasteiger partial charge < -0.3 is 0 Å². The number of carbonyl (C=O) groups is 1. The van der Waals surface area contributed by atoms with Gasteiger partial charge in [-0.3, -0.25) is 9.79 Å². The number of carbonyl (C=O) groups excluding carboxylic acids is 1. The third-order valence-electron chi connectivity index (χ3n) is 5.98. The van der Waals surface area contributed by atoms with Crippen molar-refractivity contribution in [3.05, 3.63) is 95.3 Å². The molecule has 0 radical (unpaired) electrons. The highest BCUT2D eigenvalue weighted by atomic mass is 16.1. The van der Waals surface area contributed by atoms with Gasteiger partial charge in [0.15, 0.2) is 5.78 Å². The van der Waals surface area contributed by atoms with Crippen LogP contribution in [0.1, 0.15) is 75.4 Å². The molecule has 1 aliphatic carbocycles. The van der Waals surface area contributed by atoms with Crippen LogP contribution in [0.4, 0.5) is 0 Å². The van der Waals surface area contributed by atoms with Gasteiger partial charge in [-0.1, -0.05) is 62.1 Å². The van der Waals surface area contributed by atoms with Crippen LogP contribution in [0.2, 0.25) is 0 Å². The molecule has 158 valence electrons. The van der Waals surface area contributed by atoms with E-state index in [9.17, 15) is 4.79 Å². The van der Waals surface area contributed by atoms with Crippen LogP contribution in [0, 0.1) is 0 Å². The molecule has 0 heterocycles. The van der Waals surface area contributed by atoms with Crippen LogP contribution in [0.15, 0.2) is 83.6 Å². The minimum absolute atomic E-state index is 0.108. The van der Waals surface area contributed by atoms with Gasteiger partial charge in [0.2, 0.25) is 0 Å². The van der Waals surface area contributed by atoms with Crippen LogP contribution >= 0.6 is 0 Å². The fourth-order valence-corrected chi connectivity index (χ4v) is 3.92. The third kappa shape index (κ3) is 5.89. The highest BCUT2D eigenvalue weighted by Gasteiger charge is 2.43. The zero-order chi connectivity index (χ0) is 22.3. The van der Waals surface area contributed by atoms with Crippen LogP contribution in [0.25, 0.3) is 0 Å². The molecule has 0 aromatic heterocycles. The molecule has 0 N–H and O–H groups in total. The van der Waals surface area contributed by atoms with E-state index in [0.717, 1.165) is 40.8 Å². The number of rotatable bonds is 10.